The second-order valence-electron chi connectivity index (χ2n) is 9.64. The average Bonchev–Trinajstić information content (AvgIpc) is 3.83. The first-order chi connectivity index (χ1) is 21.0. The summed E-state index contributed by atoms with van der Waals surface area (Å²) in [5.41, 5.74) is -3.99. The minimum atomic E-state index is -2.35. The van der Waals surface area contributed by atoms with Crippen molar-refractivity contribution in [1.29, 1.82) is 0 Å². The van der Waals surface area contributed by atoms with Gasteiger partial charge in [0.25, 0.3) is 0 Å². The molecule has 0 amide bonds. The van der Waals surface area contributed by atoms with E-state index < -0.39 is 80.4 Å². The van der Waals surface area contributed by atoms with Gasteiger partial charge in [0.2, 0.25) is 11.6 Å². The molecule has 2 aromatic carbocycles. The monoisotopic (exact) mass is 616 g/mol. The van der Waals surface area contributed by atoms with Crippen molar-refractivity contribution in [3.05, 3.63) is 151 Å². The summed E-state index contributed by atoms with van der Waals surface area (Å²) in [6, 6.07) is 5.25. The highest BCUT2D eigenvalue weighted by Crippen LogP contribution is 2.33. The van der Waals surface area contributed by atoms with Gasteiger partial charge in [-0.2, -0.15) is 0 Å². The molecule has 0 radical (unpaired) electrons. The summed E-state index contributed by atoms with van der Waals surface area (Å²) in [4.78, 5) is 14.1. The number of aromatic nitrogens is 2. The van der Waals surface area contributed by atoms with Crippen LogP contribution in [0.1, 0.15) is 11.1 Å². The van der Waals surface area contributed by atoms with Crippen molar-refractivity contribution in [1.82, 2.24) is 9.97 Å². The Bertz CT molecular complexity index is 2170. The van der Waals surface area contributed by atoms with E-state index in [4.69, 9.17) is 0 Å². The molecule has 0 saturated carbocycles. The van der Waals surface area contributed by atoms with Crippen LogP contribution in [0.5, 0.6) is 0 Å². The molecule has 0 atom stereocenters. The third-order valence-electron chi connectivity index (χ3n) is 7.18. The number of hydrogen-bond donors (Lipinski definition) is 2. The van der Waals surface area contributed by atoms with Crippen LogP contribution >= 0.6 is 0 Å². The molecule has 0 unspecified atom stereocenters. The molecular weight excluding hydrogens is 606 g/mol. The molecule has 4 nitrogen and oxygen atoms in total. The fourth-order valence-corrected chi connectivity index (χ4v) is 5.13. The molecule has 7 rings (SSSR count). The van der Waals surface area contributed by atoms with Crippen LogP contribution in [0.15, 0.2) is 69.9 Å². The van der Waals surface area contributed by atoms with Gasteiger partial charge in [0, 0.05) is 21.8 Å². The predicted molar refractivity (Wildman–Crippen MR) is 136 cm³/mol. The molecule has 4 aromatic rings. The fourth-order valence-electron chi connectivity index (χ4n) is 5.13. The first-order valence-electron chi connectivity index (χ1n) is 12.4. The topological polar surface area (TPSA) is 56.3 Å². The lowest BCUT2D eigenvalue weighted by atomic mass is 9.98. The minimum Gasteiger partial charge on any atom is -0.353 e. The number of halogens is 10. The zero-order valence-corrected chi connectivity index (χ0v) is 21.3. The molecule has 5 heterocycles. The number of H-pyrrole nitrogens is 2. The van der Waals surface area contributed by atoms with Gasteiger partial charge in [0.15, 0.2) is 46.5 Å². The lowest BCUT2D eigenvalue weighted by Gasteiger charge is -2.11. The number of nitrogens with one attached hydrogen (secondary N) is 2. The van der Waals surface area contributed by atoms with Crippen LogP contribution in [0.4, 0.5) is 43.9 Å². The molecule has 0 fully saturated rings. The second kappa shape index (κ2) is 9.56. The smallest absolute Gasteiger partial charge is 0.200 e. The Morgan fingerprint density at radius 2 is 0.659 bits per heavy atom. The van der Waals surface area contributed by atoms with E-state index >= 15 is 17.6 Å². The molecular formula is C30H10F10N4. The van der Waals surface area contributed by atoms with E-state index in [2.05, 4.69) is 20.0 Å². The Morgan fingerprint density at radius 1 is 0.364 bits per heavy atom. The van der Waals surface area contributed by atoms with Gasteiger partial charge in [-0.15, -0.1) is 0 Å². The van der Waals surface area contributed by atoms with Crippen LogP contribution in [0, 0.1) is 68.9 Å². The largest absolute Gasteiger partial charge is 0.353 e. The predicted octanol–water partition coefficient (Wildman–Crippen LogP) is 5.67. The maximum Gasteiger partial charge on any atom is 0.200 e. The lowest BCUT2D eigenvalue weighted by Crippen LogP contribution is -2.19. The van der Waals surface area contributed by atoms with E-state index in [0.717, 1.165) is 0 Å². The lowest BCUT2D eigenvalue weighted by molar-refractivity contribution is 0.376. The molecule has 2 N–H and O–H groups in total. The van der Waals surface area contributed by atoms with Crippen molar-refractivity contribution in [3.63, 3.8) is 0 Å². The van der Waals surface area contributed by atoms with Gasteiger partial charge in [-0.3, -0.25) is 0 Å². The van der Waals surface area contributed by atoms with Crippen LogP contribution in [-0.2, 0) is 0 Å². The van der Waals surface area contributed by atoms with Gasteiger partial charge in [0.1, 0.15) is 0 Å². The highest BCUT2D eigenvalue weighted by Gasteiger charge is 2.32. The average molecular weight is 616 g/mol. The summed E-state index contributed by atoms with van der Waals surface area (Å²) in [6.07, 6.45) is 5.03. The summed E-state index contributed by atoms with van der Waals surface area (Å²) >= 11 is 0. The molecule has 220 valence electrons. The van der Waals surface area contributed by atoms with Crippen LogP contribution in [0.3, 0.4) is 0 Å². The fraction of sp³-hybridized carbons (Fsp3) is 0. The Labute approximate surface area is 237 Å². The van der Waals surface area contributed by atoms with Gasteiger partial charge in [-0.25, -0.2) is 53.9 Å². The molecule has 0 aliphatic carbocycles. The molecule has 0 saturated heterocycles. The van der Waals surface area contributed by atoms with Crippen molar-refractivity contribution in [2.45, 2.75) is 0 Å². The summed E-state index contributed by atoms with van der Waals surface area (Å²) in [6.45, 7) is 0. The molecule has 0 spiro atoms. The third-order valence-corrected chi connectivity index (χ3v) is 7.18. The van der Waals surface area contributed by atoms with E-state index in [1.54, 1.807) is 0 Å². The van der Waals surface area contributed by atoms with Crippen molar-refractivity contribution < 1.29 is 43.9 Å². The van der Waals surface area contributed by atoms with Gasteiger partial charge in [-0.1, -0.05) is 0 Å². The summed E-state index contributed by atoms with van der Waals surface area (Å²) in [7, 11) is 0. The second-order valence-corrected chi connectivity index (χ2v) is 9.64. The summed E-state index contributed by atoms with van der Waals surface area (Å²) < 4.78 is 145. The van der Waals surface area contributed by atoms with Crippen molar-refractivity contribution >= 4 is 22.6 Å². The summed E-state index contributed by atoms with van der Waals surface area (Å²) in [5.74, 6) is -21.8. The number of aromatic amines is 2. The first kappa shape index (κ1) is 27.4. The quantitative estimate of drug-likeness (QED) is 0.166. The number of benzene rings is 2. The van der Waals surface area contributed by atoms with E-state index in [-0.39, 0.29) is 44.2 Å². The molecule has 8 bridgehead atoms. The molecule has 2 aromatic heterocycles. The minimum absolute atomic E-state index is 0.0135. The Hall–Kier alpha value is -5.40. The zero-order chi connectivity index (χ0) is 31.2. The number of nitrogens with zero attached hydrogens (tertiary/aromatic N) is 2. The highest BCUT2D eigenvalue weighted by molar-refractivity contribution is 6.31. The normalized spacial score (nSPS) is 15.4. The van der Waals surface area contributed by atoms with Gasteiger partial charge in [-0.05, 0) is 48.6 Å². The SMILES string of the molecule is Fc1c(F)c(F)c(C2=c3ccc([nH]3)=c3ccc([nH]3)=C(c3c(F)c(F)c(F)c(F)c3F)C3=NC(=C4C=CC2=N4)C=C3)c(F)c1F. The number of aliphatic imine (C=N–C) groups is 2. The standard InChI is InChI=1S/C30H10F10N4/c31-21-19(22(32)26(36)29(39)25(21)35)17-13-5-1-9(41-13)10-2-6-15(42-10)18(20-23(33)27(37)30(40)28(38)24(20)34)16-8-4-12(44-16)11-3-7-14(17)43-11/h1-8,41-42H. The van der Waals surface area contributed by atoms with E-state index in [1.165, 1.54) is 48.6 Å². The van der Waals surface area contributed by atoms with Gasteiger partial charge >= 0.3 is 0 Å². The highest BCUT2D eigenvalue weighted by atomic mass is 19.2. The zero-order valence-electron chi connectivity index (χ0n) is 21.3. The number of fused-ring (bicyclic) bond motifs is 6. The first-order valence-corrected chi connectivity index (χ1v) is 12.4. The molecule has 14 heteroatoms. The summed E-state index contributed by atoms with van der Waals surface area (Å²) in [5, 5.41) is 0.0103. The third kappa shape index (κ3) is 3.79. The van der Waals surface area contributed by atoms with E-state index in [1.807, 2.05) is 0 Å². The van der Waals surface area contributed by atoms with E-state index in [0.29, 0.717) is 0 Å². The van der Waals surface area contributed by atoms with Crippen LogP contribution in [0.25, 0.3) is 11.1 Å². The maximum absolute atomic E-state index is 15.1. The number of rotatable bonds is 2. The van der Waals surface area contributed by atoms with E-state index in [9.17, 15) is 26.3 Å². The van der Waals surface area contributed by atoms with Crippen LogP contribution < -0.4 is 10.7 Å². The molecule has 3 aliphatic heterocycles. The van der Waals surface area contributed by atoms with Crippen molar-refractivity contribution in [2.24, 2.45) is 9.98 Å². The number of allylic oxidation sites excluding steroid dienone is 4. The Balaban J connectivity index is 1.65. The van der Waals surface area contributed by atoms with Crippen LogP contribution in [-0.4, -0.2) is 21.4 Å². The Kier molecular flexibility index (Phi) is 5.96. The molecule has 3 aliphatic rings. The maximum atomic E-state index is 15.1. The number of hydrogen-bond acceptors (Lipinski definition) is 2. The van der Waals surface area contributed by atoms with Gasteiger partial charge in [0.05, 0.1) is 44.6 Å². The van der Waals surface area contributed by atoms with Crippen molar-refractivity contribution in [2.75, 3.05) is 0 Å². The van der Waals surface area contributed by atoms with Crippen LogP contribution in [0.2, 0.25) is 0 Å². The molecule has 44 heavy (non-hydrogen) atoms. The van der Waals surface area contributed by atoms with Crippen molar-refractivity contribution in [3.8, 4) is 0 Å². The Morgan fingerprint density at radius 3 is 1.00 bits per heavy atom. The van der Waals surface area contributed by atoms with Gasteiger partial charge < -0.3 is 9.97 Å².